The van der Waals surface area contributed by atoms with E-state index >= 15 is 0 Å². The third-order valence-electron chi connectivity index (χ3n) is 5.17. The molecule has 8 heteroatoms. The van der Waals surface area contributed by atoms with Gasteiger partial charge in [0.25, 0.3) is 0 Å². The third-order valence-corrected chi connectivity index (χ3v) is 5.40. The van der Waals surface area contributed by atoms with Gasteiger partial charge < -0.3 is 4.74 Å². The average Bonchev–Trinajstić information content (AvgIpc) is 2.83. The number of anilines is 2. The highest BCUT2D eigenvalue weighted by molar-refractivity contribution is 6.31. The van der Waals surface area contributed by atoms with Crippen LogP contribution in [0.25, 0.3) is 6.08 Å². The van der Waals surface area contributed by atoms with Crippen LogP contribution in [0.5, 0.6) is 0 Å². The predicted molar refractivity (Wildman–Crippen MR) is 124 cm³/mol. The van der Waals surface area contributed by atoms with Gasteiger partial charge in [0, 0.05) is 17.4 Å². The van der Waals surface area contributed by atoms with Crippen molar-refractivity contribution in [1.82, 2.24) is 9.97 Å². The number of carbonyl (C=O) groups is 3. The lowest BCUT2D eigenvalue weighted by atomic mass is 9.88. The Morgan fingerprint density at radius 1 is 1.21 bits per heavy atom. The largest absolute Gasteiger partial charge is 0.462 e. The number of hydrogen-bond acceptors (Lipinski definition) is 6. The third kappa shape index (κ3) is 4.83. The van der Waals surface area contributed by atoms with E-state index in [0.29, 0.717) is 22.1 Å². The maximum absolute atomic E-state index is 13.5. The van der Waals surface area contributed by atoms with Gasteiger partial charge in [-0.2, -0.15) is 0 Å². The smallest absolute Gasteiger partial charge is 0.339 e. The van der Waals surface area contributed by atoms with E-state index in [2.05, 4.69) is 9.97 Å². The molecule has 1 aliphatic heterocycles. The molecule has 0 bridgehead atoms. The topological polar surface area (TPSA) is 89.5 Å². The lowest BCUT2D eigenvalue weighted by Gasteiger charge is -2.33. The zero-order valence-corrected chi connectivity index (χ0v) is 18.5. The fraction of sp³-hybridized carbons (Fsp3) is 0.160. The maximum atomic E-state index is 13.5. The summed E-state index contributed by atoms with van der Waals surface area (Å²) in [5.74, 6) is -2.26. The van der Waals surface area contributed by atoms with Crippen LogP contribution in [0.2, 0.25) is 5.02 Å². The number of ketones is 1. The molecule has 33 heavy (non-hydrogen) atoms. The molecule has 0 fully saturated rings. The number of amides is 1. The molecule has 0 saturated carbocycles. The van der Waals surface area contributed by atoms with Crippen LogP contribution in [-0.4, -0.2) is 34.2 Å². The molecule has 1 amide bonds. The van der Waals surface area contributed by atoms with Crippen LogP contribution in [0.1, 0.15) is 28.5 Å². The molecule has 166 valence electrons. The molecule has 1 unspecified atom stereocenters. The van der Waals surface area contributed by atoms with Gasteiger partial charge in [0.2, 0.25) is 5.91 Å². The number of allylic oxidation sites excluding steroid dienone is 1. The van der Waals surface area contributed by atoms with Crippen molar-refractivity contribution in [3.05, 3.63) is 89.0 Å². The van der Waals surface area contributed by atoms with Crippen molar-refractivity contribution in [2.45, 2.75) is 13.3 Å². The highest BCUT2D eigenvalue weighted by Gasteiger charge is 2.37. The van der Waals surface area contributed by atoms with Gasteiger partial charge in [0.1, 0.15) is 5.92 Å². The van der Waals surface area contributed by atoms with Crippen molar-refractivity contribution in [2.75, 3.05) is 11.5 Å². The second-order valence-electron chi connectivity index (χ2n) is 7.35. The first-order valence-corrected chi connectivity index (χ1v) is 10.7. The molecule has 4 rings (SSSR count). The van der Waals surface area contributed by atoms with Crippen molar-refractivity contribution in [2.24, 2.45) is 5.92 Å². The first kappa shape index (κ1) is 22.4. The molecular weight excluding hydrogens is 442 g/mol. The van der Waals surface area contributed by atoms with Crippen LogP contribution in [-0.2, 0) is 20.7 Å². The SMILES string of the molecule is CCOC(=O)c1cncc(N2C(=O)C(C(=O)/C=C/c3ccccn3)Cc3cc(Cl)ccc32)c1. The van der Waals surface area contributed by atoms with Gasteiger partial charge in [-0.25, -0.2) is 4.79 Å². The molecule has 1 atom stereocenters. The van der Waals surface area contributed by atoms with Crippen molar-refractivity contribution in [1.29, 1.82) is 0 Å². The second-order valence-corrected chi connectivity index (χ2v) is 7.78. The van der Waals surface area contributed by atoms with Crippen LogP contribution in [0.3, 0.4) is 0 Å². The van der Waals surface area contributed by atoms with E-state index in [1.165, 1.54) is 29.4 Å². The Balaban J connectivity index is 1.72. The van der Waals surface area contributed by atoms with Crippen LogP contribution in [0, 0.1) is 5.92 Å². The molecule has 3 heterocycles. The number of halogens is 1. The summed E-state index contributed by atoms with van der Waals surface area (Å²) in [7, 11) is 0. The van der Waals surface area contributed by atoms with Gasteiger partial charge in [0.05, 0.1) is 35.4 Å². The maximum Gasteiger partial charge on any atom is 0.339 e. The van der Waals surface area contributed by atoms with Gasteiger partial charge in [-0.15, -0.1) is 0 Å². The Morgan fingerprint density at radius 2 is 2.06 bits per heavy atom. The minimum absolute atomic E-state index is 0.209. The molecular formula is C25H20ClN3O4. The summed E-state index contributed by atoms with van der Waals surface area (Å²) in [6.07, 6.45) is 7.62. The molecule has 1 aliphatic rings. The van der Waals surface area contributed by atoms with Gasteiger partial charge in [-0.3, -0.25) is 24.5 Å². The minimum Gasteiger partial charge on any atom is -0.462 e. The fourth-order valence-corrected chi connectivity index (χ4v) is 3.84. The number of fused-ring (bicyclic) bond motifs is 1. The number of ether oxygens (including phenoxy) is 1. The zero-order valence-electron chi connectivity index (χ0n) is 17.8. The zero-order chi connectivity index (χ0) is 23.4. The molecule has 0 radical (unpaired) electrons. The highest BCUT2D eigenvalue weighted by Crippen LogP contribution is 2.38. The predicted octanol–water partition coefficient (Wildman–Crippen LogP) is 4.43. The number of esters is 1. The molecule has 3 aromatic rings. The average molecular weight is 462 g/mol. The minimum atomic E-state index is -0.956. The van der Waals surface area contributed by atoms with E-state index in [4.69, 9.17) is 16.3 Å². The summed E-state index contributed by atoms with van der Waals surface area (Å²) in [6, 6.07) is 12.0. The number of nitrogens with zero attached hydrogens (tertiary/aromatic N) is 3. The van der Waals surface area contributed by atoms with Crippen LogP contribution in [0.4, 0.5) is 11.4 Å². The van der Waals surface area contributed by atoms with E-state index in [0.717, 1.165) is 5.56 Å². The van der Waals surface area contributed by atoms with E-state index in [-0.39, 0.29) is 24.4 Å². The Labute approximate surface area is 195 Å². The van der Waals surface area contributed by atoms with Gasteiger partial charge in [-0.1, -0.05) is 17.7 Å². The monoisotopic (exact) mass is 461 g/mol. The highest BCUT2D eigenvalue weighted by atomic mass is 35.5. The number of hydrogen-bond donors (Lipinski definition) is 0. The number of pyridine rings is 2. The van der Waals surface area contributed by atoms with Crippen LogP contribution >= 0.6 is 11.6 Å². The number of rotatable bonds is 6. The Morgan fingerprint density at radius 3 is 2.82 bits per heavy atom. The second kappa shape index (κ2) is 9.75. The molecule has 0 saturated heterocycles. The first-order valence-electron chi connectivity index (χ1n) is 10.4. The van der Waals surface area contributed by atoms with E-state index in [1.54, 1.807) is 49.5 Å². The summed E-state index contributed by atoms with van der Waals surface area (Å²) in [5, 5.41) is 0.497. The van der Waals surface area contributed by atoms with Crippen LogP contribution in [0.15, 0.2) is 67.1 Å². The molecule has 7 nitrogen and oxygen atoms in total. The Hall–Kier alpha value is -3.84. The number of aromatic nitrogens is 2. The summed E-state index contributed by atoms with van der Waals surface area (Å²) in [4.78, 5) is 48.4. The van der Waals surface area contributed by atoms with E-state index < -0.39 is 17.8 Å². The quantitative estimate of drug-likeness (QED) is 0.306. The van der Waals surface area contributed by atoms with Crippen LogP contribution < -0.4 is 4.90 Å². The molecule has 0 spiro atoms. The summed E-state index contributed by atoms with van der Waals surface area (Å²) in [5.41, 5.74) is 2.51. The molecule has 1 aromatic carbocycles. The lowest BCUT2D eigenvalue weighted by molar-refractivity contribution is -0.129. The van der Waals surface area contributed by atoms with E-state index in [1.807, 2.05) is 6.07 Å². The van der Waals surface area contributed by atoms with Gasteiger partial charge in [-0.05, 0) is 67.5 Å². The fourth-order valence-electron chi connectivity index (χ4n) is 3.64. The van der Waals surface area contributed by atoms with E-state index in [9.17, 15) is 14.4 Å². The standard InChI is InChI=1S/C25H20ClN3O4/c1-2-33-25(32)17-12-20(15-27-14-17)29-22-8-6-18(26)11-16(22)13-21(24(29)31)23(30)9-7-19-5-3-4-10-28-19/h3-12,14-15,21H,2,13H2,1H3/b9-7+. The van der Waals surface area contributed by atoms with Gasteiger partial charge >= 0.3 is 5.97 Å². The summed E-state index contributed by atoms with van der Waals surface area (Å²) < 4.78 is 5.05. The molecule has 0 N–H and O–H groups in total. The van der Waals surface area contributed by atoms with Gasteiger partial charge in [0.15, 0.2) is 5.78 Å². The number of benzene rings is 1. The number of carbonyl (C=O) groups excluding carboxylic acids is 3. The first-order chi connectivity index (χ1) is 16.0. The Bertz CT molecular complexity index is 1240. The molecule has 2 aromatic heterocycles. The van der Waals surface area contributed by atoms with Crippen molar-refractivity contribution in [3.8, 4) is 0 Å². The van der Waals surface area contributed by atoms with Crippen molar-refractivity contribution in [3.63, 3.8) is 0 Å². The Kier molecular flexibility index (Phi) is 6.60. The normalized spacial score (nSPS) is 15.4. The summed E-state index contributed by atoms with van der Waals surface area (Å²) in [6.45, 7) is 1.92. The lowest BCUT2D eigenvalue weighted by Crippen LogP contribution is -2.41. The summed E-state index contributed by atoms with van der Waals surface area (Å²) >= 11 is 6.19. The van der Waals surface area contributed by atoms with Crippen molar-refractivity contribution >= 4 is 46.7 Å². The molecule has 0 aliphatic carbocycles. The van der Waals surface area contributed by atoms with Crippen molar-refractivity contribution < 1.29 is 19.1 Å².